The van der Waals surface area contributed by atoms with Crippen LogP contribution in [0.5, 0.6) is 0 Å². The number of carbonyl (C=O) groups is 1. The second-order valence-corrected chi connectivity index (χ2v) is 5.14. The third-order valence-corrected chi connectivity index (χ3v) is 3.72. The zero-order valence-corrected chi connectivity index (χ0v) is 12.3. The Bertz CT molecular complexity index is 705. The standard InChI is InChI=1S/C16H15ClN2O2/c1-2-21-16(20)11-9-10-5-3-6-12(17)14(10)19-15(11)13-7-4-8-18-13/h3-8,18-19H,2,9H2,1H3. The number of para-hydroxylation sites is 1. The van der Waals surface area contributed by atoms with Crippen molar-refractivity contribution < 1.29 is 9.53 Å². The molecule has 2 N–H and O–H groups in total. The molecule has 5 heteroatoms. The summed E-state index contributed by atoms with van der Waals surface area (Å²) in [6, 6.07) is 9.46. The number of aromatic amines is 1. The van der Waals surface area contributed by atoms with E-state index in [9.17, 15) is 4.79 Å². The van der Waals surface area contributed by atoms with Gasteiger partial charge in [-0.2, -0.15) is 0 Å². The number of aromatic nitrogens is 1. The van der Waals surface area contributed by atoms with E-state index in [1.54, 1.807) is 6.92 Å². The minimum Gasteiger partial charge on any atom is -0.463 e. The number of esters is 1. The fourth-order valence-electron chi connectivity index (χ4n) is 2.44. The van der Waals surface area contributed by atoms with Gasteiger partial charge in [0.15, 0.2) is 0 Å². The van der Waals surface area contributed by atoms with Crippen LogP contribution in [0, 0.1) is 0 Å². The van der Waals surface area contributed by atoms with Crippen molar-refractivity contribution in [1.82, 2.24) is 4.98 Å². The number of anilines is 1. The Labute approximate surface area is 127 Å². The summed E-state index contributed by atoms with van der Waals surface area (Å²) < 4.78 is 5.17. The second-order valence-electron chi connectivity index (χ2n) is 4.73. The summed E-state index contributed by atoms with van der Waals surface area (Å²) in [5.74, 6) is -0.305. The summed E-state index contributed by atoms with van der Waals surface area (Å²) in [5.41, 5.74) is 3.99. The highest BCUT2D eigenvalue weighted by atomic mass is 35.5. The van der Waals surface area contributed by atoms with E-state index in [1.807, 2.05) is 36.5 Å². The highest BCUT2D eigenvalue weighted by Gasteiger charge is 2.26. The normalized spacial score (nSPS) is 13.6. The predicted octanol–water partition coefficient (Wildman–Crippen LogP) is 3.61. The number of hydrogen-bond donors (Lipinski definition) is 2. The van der Waals surface area contributed by atoms with E-state index in [1.165, 1.54) is 0 Å². The third kappa shape index (κ3) is 2.54. The molecule has 0 amide bonds. The lowest BCUT2D eigenvalue weighted by atomic mass is 9.96. The maximum Gasteiger partial charge on any atom is 0.336 e. The van der Waals surface area contributed by atoms with Gasteiger partial charge in [-0.05, 0) is 30.7 Å². The zero-order chi connectivity index (χ0) is 14.8. The maximum absolute atomic E-state index is 12.2. The van der Waals surface area contributed by atoms with Gasteiger partial charge in [0, 0.05) is 12.6 Å². The van der Waals surface area contributed by atoms with Crippen LogP contribution in [0.1, 0.15) is 18.2 Å². The van der Waals surface area contributed by atoms with Crippen molar-refractivity contribution in [3.8, 4) is 0 Å². The van der Waals surface area contributed by atoms with Gasteiger partial charge in [-0.15, -0.1) is 0 Å². The van der Waals surface area contributed by atoms with Crippen molar-refractivity contribution in [2.24, 2.45) is 0 Å². The van der Waals surface area contributed by atoms with Crippen molar-refractivity contribution in [2.75, 3.05) is 11.9 Å². The third-order valence-electron chi connectivity index (χ3n) is 3.41. The number of halogens is 1. The average molecular weight is 303 g/mol. The molecule has 1 aromatic heterocycles. The fourth-order valence-corrected chi connectivity index (χ4v) is 2.68. The lowest BCUT2D eigenvalue weighted by Crippen LogP contribution is -2.20. The van der Waals surface area contributed by atoms with Crippen LogP contribution in [0.3, 0.4) is 0 Å². The molecule has 0 unspecified atom stereocenters. The molecule has 4 nitrogen and oxygen atoms in total. The van der Waals surface area contributed by atoms with E-state index >= 15 is 0 Å². The molecule has 0 radical (unpaired) electrons. The van der Waals surface area contributed by atoms with Gasteiger partial charge in [-0.25, -0.2) is 4.79 Å². The first kappa shape index (κ1) is 13.8. The van der Waals surface area contributed by atoms with E-state index in [-0.39, 0.29) is 5.97 Å². The van der Waals surface area contributed by atoms with Gasteiger partial charge in [0.05, 0.1) is 34.3 Å². The molecule has 1 aliphatic heterocycles. The molecule has 0 bridgehead atoms. The van der Waals surface area contributed by atoms with Crippen molar-refractivity contribution in [3.05, 3.63) is 58.4 Å². The van der Waals surface area contributed by atoms with E-state index in [4.69, 9.17) is 16.3 Å². The van der Waals surface area contributed by atoms with E-state index in [0.717, 1.165) is 22.6 Å². The highest BCUT2D eigenvalue weighted by molar-refractivity contribution is 6.33. The van der Waals surface area contributed by atoms with Gasteiger partial charge in [0.25, 0.3) is 0 Å². The molecule has 1 aromatic carbocycles. The molecular weight excluding hydrogens is 288 g/mol. The van der Waals surface area contributed by atoms with Gasteiger partial charge in [-0.1, -0.05) is 23.7 Å². The summed E-state index contributed by atoms with van der Waals surface area (Å²) in [5, 5.41) is 3.91. The SMILES string of the molecule is CCOC(=O)C1=C(c2ccc[nH]2)Nc2c(Cl)cccc2C1. The first-order valence-corrected chi connectivity index (χ1v) is 7.17. The van der Waals surface area contributed by atoms with Gasteiger partial charge in [0.1, 0.15) is 0 Å². The number of benzene rings is 1. The summed E-state index contributed by atoms with van der Waals surface area (Å²) in [6.45, 7) is 2.15. The Kier molecular flexibility index (Phi) is 3.71. The molecule has 3 rings (SSSR count). The number of ether oxygens (including phenoxy) is 1. The summed E-state index contributed by atoms with van der Waals surface area (Å²) in [4.78, 5) is 15.3. The molecule has 0 aliphatic carbocycles. The number of H-pyrrole nitrogens is 1. The van der Waals surface area contributed by atoms with E-state index in [2.05, 4.69) is 10.3 Å². The number of carbonyl (C=O) groups excluding carboxylic acids is 1. The quantitative estimate of drug-likeness (QED) is 0.852. The van der Waals surface area contributed by atoms with Crippen LogP contribution < -0.4 is 5.32 Å². The second kappa shape index (κ2) is 5.66. The Morgan fingerprint density at radius 1 is 1.33 bits per heavy atom. The predicted molar refractivity (Wildman–Crippen MR) is 83.1 cm³/mol. The van der Waals surface area contributed by atoms with Crippen LogP contribution in [-0.2, 0) is 16.0 Å². The molecule has 1 aliphatic rings. The first-order chi connectivity index (χ1) is 10.2. The van der Waals surface area contributed by atoms with Crippen molar-refractivity contribution in [1.29, 1.82) is 0 Å². The van der Waals surface area contributed by atoms with Crippen LogP contribution in [0.4, 0.5) is 5.69 Å². The van der Waals surface area contributed by atoms with Crippen LogP contribution in [-0.4, -0.2) is 17.6 Å². The first-order valence-electron chi connectivity index (χ1n) is 6.79. The Morgan fingerprint density at radius 2 is 2.19 bits per heavy atom. The topological polar surface area (TPSA) is 54.1 Å². The molecule has 0 fully saturated rings. The Hall–Kier alpha value is -2.20. The van der Waals surface area contributed by atoms with E-state index < -0.39 is 0 Å². The molecule has 2 aromatic rings. The fraction of sp³-hybridized carbons (Fsp3) is 0.188. The maximum atomic E-state index is 12.2. The number of hydrogen-bond acceptors (Lipinski definition) is 3. The monoisotopic (exact) mass is 302 g/mol. The molecular formula is C16H15ClN2O2. The molecule has 0 atom stereocenters. The van der Waals surface area contributed by atoms with Crippen LogP contribution in [0.15, 0.2) is 42.1 Å². The smallest absolute Gasteiger partial charge is 0.336 e. The van der Waals surface area contributed by atoms with Gasteiger partial charge in [-0.3, -0.25) is 0 Å². The van der Waals surface area contributed by atoms with E-state index in [0.29, 0.717) is 23.6 Å². The summed E-state index contributed by atoms with van der Waals surface area (Å²) in [6.07, 6.45) is 2.31. The van der Waals surface area contributed by atoms with Gasteiger partial charge < -0.3 is 15.0 Å². The summed E-state index contributed by atoms with van der Waals surface area (Å²) >= 11 is 6.25. The Morgan fingerprint density at radius 3 is 2.90 bits per heavy atom. The van der Waals surface area contributed by atoms with Gasteiger partial charge >= 0.3 is 5.97 Å². The number of fused-ring (bicyclic) bond motifs is 1. The van der Waals surface area contributed by atoms with Crippen LogP contribution in [0.2, 0.25) is 5.02 Å². The van der Waals surface area contributed by atoms with Gasteiger partial charge in [0.2, 0.25) is 0 Å². The largest absolute Gasteiger partial charge is 0.463 e. The summed E-state index contributed by atoms with van der Waals surface area (Å²) in [7, 11) is 0. The van der Waals surface area contributed by atoms with Crippen LogP contribution >= 0.6 is 11.6 Å². The van der Waals surface area contributed by atoms with Crippen molar-refractivity contribution >= 4 is 29.0 Å². The highest BCUT2D eigenvalue weighted by Crippen LogP contribution is 2.36. The molecule has 21 heavy (non-hydrogen) atoms. The van der Waals surface area contributed by atoms with Crippen molar-refractivity contribution in [3.63, 3.8) is 0 Å². The molecule has 0 saturated heterocycles. The van der Waals surface area contributed by atoms with Crippen molar-refractivity contribution in [2.45, 2.75) is 13.3 Å². The molecule has 0 spiro atoms. The molecule has 2 heterocycles. The minimum absolute atomic E-state index is 0.305. The zero-order valence-electron chi connectivity index (χ0n) is 11.6. The molecule has 108 valence electrons. The average Bonchev–Trinajstić information content (AvgIpc) is 3.01. The number of rotatable bonds is 3. The lowest BCUT2D eigenvalue weighted by molar-refractivity contribution is -0.138. The number of nitrogens with one attached hydrogen (secondary N) is 2. The van der Waals surface area contributed by atoms with Crippen LogP contribution in [0.25, 0.3) is 5.70 Å². The Balaban J connectivity index is 2.09. The minimum atomic E-state index is -0.305. The molecule has 0 saturated carbocycles. The lowest BCUT2D eigenvalue weighted by Gasteiger charge is -2.24.